The number of rotatable bonds is 7. The van der Waals surface area contributed by atoms with E-state index in [2.05, 4.69) is 37.9 Å². The third-order valence-electron chi connectivity index (χ3n) is 5.99. The average molecular weight is 294 g/mol. The maximum atomic E-state index is 12.9. The monoisotopic (exact) mass is 294 g/mol. The lowest BCUT2D eigenvalue weighted by Crippen LogP contribution is -2.43. The highest BCUT2D eigenvalue weighted by Gasteiger charge is 2.44. The maximum absolute atomic E-state index is 12.9. The van der Waals surface area contributed by atoms with E-state index < -0.39 is 0 Å². The fraction of sp³-hybridized carbons (Fsp3) is 0.944. The van der Waals surface area contributed by atoms with E-state index in [1.807, 2.05) is 0 Å². The Morgan fingerprint density at radius 3 is 2.48 bits per heavy atom. The standard InChI is InChI=1S/C18H34N2O/c1-5-10-15-19-16(14(4)6-2)17(21)20(15)13-18(7-3)11-8-9-12-18/h14-16,19H,5-13H2,1-4H3. The number of carbonyl (C=O) groups is 1. The van der Waals surface area contributed by atoms with Gasteiger partial charge in [0.05, 0.1) is 12.2 Å². The van der Waals surface area contributed by atoms with Crippen LogP contribution in [0.3, 0.4) is 0 Å². The van der Waals surface area contributed by atoms with Crippen LogP contribution < -0.4 is 5.32 Å². The lowest BCUT2D eigenvalue weighted by Gasteiger charge is -2.35. The summed E-state index contributed by atoms with van der Waals surface area (Å²) in [6.45, 7) is 9.88. The summed E-state index contributed by atoms with van der Waals surface area (Å²) in [4.78, 5) is 15.1. The molecule has 1 N–H and O–H groups in total. The first-order valence-electron chi connectivity index (χ1n) is 9.13. The number of amides is 1. The van der Waals surface area contributed by atoms with Crippen molar-refractivity contribution in [3.63, 3.8) is 0 Å². The Balaban J connectivity index is 2.12. The molecule has 1 saturated carbocycles. The van der Waals surface area contributed by atoms with Gasteiger partial charge in [-0.1, -0.05) is 53.4 Å². The highest BCUT2D eigenvalue weighted by atomic mass is 16.2. The number of hydrogen-bond donors (Lipinski definition) is 1. The van der Waals surface area contributed by atoms with Gasteiger partial charge in [0.2, 0.25) is 5.91 Å². The average Bonchev–Trinajstić information content (AvgIpc) is 3.07. The second-order valence-corrected chi connectivity index (χ2v) is 7.36. The first-order valence-corrected chi connectivity index (χ1v) is 9.13. The quantitative estimate of drug-likeness (QED) is 0.771. The van der Waals surface area contributed by atoms with Crippen molar-refractivity contribution < 1.29 is 4.79 Å². The van der Waals surface area contributed by atoms with Crippen LogP contribution in [-0.4, -0.2) is 29.6 Å². The van der Waals surface area contributed by atoms with Gasteiger partial charge in [-0.15, -0.1) is 0 Å². The molecule has 0 aromatic carbocycles. The predicted octanol–water partition coefficient (Wildman–Crippen LogP) is 3.93. The van der Waals surface area contributed by atoms with Crippen LogP contribution in [-0.2, 0) is 4.79 Å². The van der Waals surface area contributed by atoms with E-state index in [9.17, 15) is 4.79 Å². The van der Waals surface area contributed by atoms with E-state index in [0.717, 1.165) is 25.8 Å². The topological polar surface area (TPSA) is 32.3 Å². The Morgan fingerprint density at radius 1 is 1.29 bits per heavy atom. The molecule has 2 rings (SSSR count). The fourth-order valence-electron chi connectivity index (χ4n) is 4.15. The van der Waals surface area contributed by atoms with Crippen molar-refractivity contribution in [1.29, 1.82) is 0 Å². The maximum Gasteiger partial charge on any atom is 0.241 e. The smallest absolute Gasteiger partial charge is 0.241 e. The summed E-state index contributed by atoms with van der Waals surface area (Å²) in [7, 11) is 0. The molecule has 1 amide bonds. The van der Waals surface area contributed by atoms with Gasteiger partial charge in [-0.3, -0.25) is 10.1 Å². The molecule has 1 saturated heterocycles. The summed E-state index contributed by atoms with van der Waals surface area (Å²) >= 11 is 0. The molecule has 3 unspecified atom stereocenters. The molecular weight excluding hydrogens is 260 g/mol. The zero-order valence-electron chi connectivity index (χ0n) is 14.5. The number of hydrogen-bond acceptors (Lipinski definition) is 2. The van der Waals surface area contributed by atoms with E-state index in [1.165, 1.54) is 32.1 Å². The van der Waals surface area contributed by atoms with Crippen LogP contribution in [0.25, 0.3) is 0 Å². The van der Waals surface area contributed by atoms with Crippen LogP contribution in [0.4, 0.5) is 0 Å². The van der Waals surface area contributed by atoms with Crippen molar-refractivity contribution in [2.75, 3.05) is 6.54 Å². The third kappa shape index (κ3) is 3.44. The molecule has 3 atom stereocenters. The fourth-order valence-corrected chi connectivity index (χ4v) is 4.15. The van der Waals surface area contributed by atoms with Crippen molar-refractivity contribution >= 4 is 5.91 Å². The van der Waals surface area contributed by atoms with E-state index in [4.69, 9.17) is 0 Å². The highest BCUT2D eigenvalue weighted by molar-refractivity contribution is 5.84. The second kappa shape index (κ2) is 7.13. The van der Waals surface area contributed by atoms with Crippen molar-refractivity contribution in [3.05, 3.63) is 0 Å². The summed E-state index contributed by atoms with van der Waals surface area (Å²) in [5, 5.41) is 3.63. The van der Waals surface area contributed by atoms with Crippen molar-refractivity contribution in [1.82, 2.24) is 10.2 Å². The molecule has 3 heteroatoms. The van der Waals surface area contributed by atoms with Gasteiger partial charge in [-0.25, -0.2) is 0 Å². The van der Waals surface area contributed by atoms with Crippen molar-refractivity contribution in [2.24, 2.45) is 11.3 Å². The first-order chi connectivity index (χ1) is 10.1. The third-order valence-corrected chi connectivity index (χ3v) is 5.99. The molecule has 1 heterocycles. The minimum absolute atomic E-state index is 0.0434. The van der Waals surface area contributed by atoms with Gasteiger partial charge in [-0.05, 0) is 37.0 Å². The zero-order chi connectivity index (χ0) is 15.5. The summed E-state index contributed by atoms with van der Waals surface area (Å²) in [5.41, 5.74) is 0.397. The Morgan fingerprint density at radius 2 is 1.95 bits per heavy atom. The molecule has 3 nitrogen and oxygen atoms in total. The molecule has 2 fully saturated rings. The van der Waals surface area contributed by atoms with E-state index >= 15 is 0 Å². The van der Waals surface area contributed by atoms with Gasteiger partial charge in [0, 0.05) is 6.54 Å². The van der Waals surface area contributed by atoms with Crippen molar-refractivity contribution in [3.8, 4) is 0 Å². The number of carbonyl (C=O) groups excluding carboxylic acids is 1. The normalized spacial score (nSPS) is 30.1. The highest BCUT2D eigenvalue weighted by Crippen LogP contribution is 2.42. The van der Waals surface area contributed by atoms with Crippen LogP contribution in [0.15, 0.2) is 0 Å². The minimum Gasteiger partial charge on any atom is -0.325 e. The Kier molecular flexibility index (Phi) is 5.70. The molecule has 0 aromatic rings. The van der Waals surface area contributed by atoms with E-state index in [0.29, 0.717) is 17.2 Å². The molecule has 122 valence electrons. The largest absolute Gasteiger partial charge is 0.325 e. The Labute approximate surface area is 130 Å². The first kappa shape index (κ1) is 16.8. The SMILES string of the molecule is CCCC1NC(C(C)CC)C(=O)N1CC1(CC)CCCC1. The van der Waals surface area contributed by atoms with Crippen molar-refractivity contribution in [2.45, 2.75) is 91.3 Å². The summed E-state index contributed by atoms with van der Waals surface area (Å²) < 4.78 is 0. The van der Waals surface area contributed by atoms with E-state index in [-0.39, 0.29) is 12.2 Å². The van der Waals surface area contributed by atoms with Gasteiger partial charge in [-0.2, -0.15) is 0 Å². The van der Waals surface area contributed by atoms with Gasteiger partial charge >= 0.3 is 0 Å². The van der Waals surface area contributed by atoms with Gasteiger partial charge in [0.15, 0.2) is 0 Å². The van der Waals surface area contributed by atoms with Crippen LogP contribution in [0.2, 0.25) is 0 Å². The molecule has 0 bridgehead atoms. The minimum atomic E-state index is 0.0434. The second-order valence-electron chi connectivity index (χ2n) is 7.36. The molecule has 1 aliphatic heterocycles. The molecule has 0 spiro atoms. The summed E-state index contributed by atoms with van der Waals surface area (Å²) in [6, 6.07) is 0.0434. The number of nitrogens with zero attached hydrogens (tertiary/aromatic N) is 1. The summed E-state index contributed by atoms with van der Waals surface area (Å²) in [5.74, 6) is 0.797. The van der Waals surface area contributed by atoms with Crippen LogP contribution in [0.5, 0.6) is 0 Å². The summed E-state index contributed by atoms with van der Waals surface area (Å²) in [6.07, 6.45) is 10.1. The Bertz CT molecular complexity index is 349. The molecule has 21 heavy (non-hydrogen) atoms. The molecule has 1 aliphatic carbocycles. The lowest BCUT2D eigenvalue weighted by molar-refractivity contribution is -0.132. The zero-order valence-corrected chi connectivity index (χ0v) is 14.5. The van der Waals surface area contributed by atoms with Crippen LogP contribution >= 0.6 is 0 Å². The number of nitrogens with one attached hydrogen (secondary N) is 1. The van der Waals surface area contributed by atoms with E-state index in [1.54, 1.807) is 0 Å². The Hall–Kier alpha value is -0.570. The van der Waals surface area contributed by atoms with Crippen LogP contribution in [0, 0.1) is 11.3 Å². The van der Waals surface area contributed by atoms with Gasteiger partial charge in [0.25, 0.3) is 0 Å². The van der Waals surface area contributed by atoms with Crippen LogP contribution in [0.1, 0.15) is 79.1 Å². The predicted molar refractivity (Wildman–Crippen MR) is 88.0 cm³/mol. The molecular formula is C18H34N2O. The van der Waals surface area contributed by atoms with Gasteiger partial charge in [0.1, 0.15) is 0 Å². The lowest BCUT2D eigenvalue weighted by atomic mass is 9.82. The molecule has 0 aromatic heterocycles. The molecule has 0 radical (unpaired) electrons. The molecule has 2 aliphatic rings. The van der Waals surface area contributed by atoms with Gasteiger partial charge < -0.3 is 4.90 Å².